The predicted octanol–water partition coefficient (Wildman–Crippen LogP) is 4.40. The lowest BCUT2D eigenvalue weighted by atomic mass is 10.1. The average Bonchev–Trinajstić information content (AvgIpc) is 2.23. The topological polar surface area (TPSA) is 0 Å². The third-order valence-electron chi connectivity index (χ3n) is 2.05. The molecule has 2 heteroatoms. The van der Waals surface area contributed by atoms with Crippen molar-refractivity contribution in [1.82, 2.24) is 0 Å². The summed E-state index contributed by atoms with van der Waals surface area (Å²) >= 11 is 7.78. The summed E-state index contributed by atoms with van der Waals surface area (Å²) in [6.45, 7) is 0. The van der Waals surface area contributed by atoms with E-state index in [2.05, 4.69) is 52.8 Å². The Morgan fingerprint density at radius 2 is 1.57 bits per heavy atom. The summed E-state index contributed by atoms with van der Waals surface area (Å²) < 4.78 is 1.03. The molecule has 0 bridgehead atoms. The highest BCUT2D eigenvalue weighted by Gasteiger charge is 1.99. The number of hydrogen-bond acceptors (Lipinski definition) is 1. The first-order chi connectivity index (χ1) is 6.77. The zero-order chi connectivity index (χ0) is 9.97. The van der Waals surface area contributed by atoms with Crippen molar-refractivity contribution in [1.29, 1.82) is 0 Å². The second kappa shape index (κ2) is 4.20. The molecule has 0 N–H and O–H groups in total. The van der Waals surface area contributed by atoms with E-state index >= 15 is 0 Å². The standard InChI is InChI=1S/C12H9BrS/c13-11-8-10(6-7-12(11)14)9-4-2-1-3-5-9/h1-8,14H. The molecule has 70 valence electrons. The van der Waals surface area contributed by atoms with Gasteiger partial charge in [-0.25, -0.2) is 0 Å². The number of benzene rings is 2. The van der Waals surface area contributed by atoms with Gasteiger partial charge in [-0.15, -0.1) is 12.6 Å². The highest BCUT2D eigenvalue weighted by Crippen LogP contribution is 2.27. The van der Waals surface area contributed by atoms with Crippen molar-refractivity contribution in [3.05, 3.63) is 53.0 Å². The van der Waals surface area contributed by atoms with E-state index in [1.807, 2.05) is 24.3 Å². The van der Waals surface area contributed by atoms with Gasteiger partial charge in [0.1, 0.15) is 0 Å². The van der Waals surface area contributed by atoms with Crippen LogP contribution in [-0.2, 0) is 0 Å². The maximum absolute atomic E-state index is 4.31. The minimum absolute atomic E-state index is 0.963. The molecule has 0 aromatic heterocycles. The molecular weight excluding hydrogens is 256 g/mol. The van der Waals surface area contributed by atoms with Crippen LogP contribution in [0.5, 0.6) is 0 Å². The van der Waals surface area contributed by atoms with Gasteiger partial charge in [-0.2, -0.15) is 0 Å². The zero-order valence-electron chi connectivity index (χ0n) is 7.44. The third kappa shape index (κ3) is 2.02. The van der Waals surface area contributed by atoms with Crippen LogP contribution in [0, 0.1) is 0 Å². The van der Waals surface area contributed by atoms with Gasteiger partial charge in [-0.05, 0) is 39.2 Å². The van der Waals surface area contributed by atoms with Crippen molar-refractivity contribution < 1.29 is 0 Å². The highest BCUT2D eigenvalue weighted by molar-refractivity contribution is 9.10. The quantitative estimate of drug-likeness (QED) is 0.726. The van der Waals surface area contributed by atoms with Crippen LogP contribution in [0.15, 0.2) is 57.9 Å². The van der Waals surface area contributed by atoms with E-state index in [0.29, 0.717) is 0 Å². The van der Waals surface area contributed by atoms with E-state index in [4.69, 9.17) is 0 Å². The molecular formula is C12H9BrS. The maximum Gasteiger partial charge on any atom is 0.0314 e. The van der Waals surface area contributed by atoms with E-state index in [0.717, 1.165) is 9.37 Å². The maximum atomic E-state index is 4.31. The summed E-state index contributed by atoms with van der Waals surface area (Å²) in [4.78, 5) is 0.963. The Morgan fingerprint density at radius 1 is 0.857 bits per heavy atom. The van der Waals surface area contributed by atoms with E-state index in [9.17, 15) is 0 Å². The Hall–Kier alpha value is -0.730. The van der Waals surface area contributed by atoms with Gasteiger partial charge in [0.2, 0.25) is 0 Å². The first-order valence-electron chi connectivity index (χ1n) is 4.31. The smallest absolute Gasteiger partial charge is 0.0314 e. The first kappa shape index (κ1) is 9.81. The van der Waals surface area contributed by atoms with Crippen molar-refractivity contribution in [3.63, 3.8) is 0 Å². The fourth-order valence-corrected chi connectivity index (χ4v) is 1.83. The van der Waals surface area contributed by atoms with Crippen LogP contribution >= 0.6 is 28.6 Å². The van der Waals surface area contributed by atoms with Crippen LogP contribution in [0.3, 0.4) is 0 Å². The molecule has 0 aliphatic carbocycles. The molecule has 0 nitrogen and oxygen atoms in total. The first-order valence-corrected chi connectivity index (χ1v) is 5.55. The monoisotopic (exact) mass is 264 g/mol. The van der Waals surface area contributed by atoms with Crippen LogP contribution in [0.1, 0.15) is 0 Å². The Balaban J connectivity index is 2.48. The van der Waals surface area contributed by atoms with Crippen LogP contribution in [-0.4, -0.2) is 0 Å². The minimum atomic E-state index is 0.963. The van der Waals surface area contributed by atoms with Gasteiger partial charge in [-0.1, -0.05) is 36.4 Å². The summed E-state index contributed by atoms with van der Waals surface area (Å²) in [6.07, 6.45) is 0. The van der Waals surface area contributed by atoms with Crippen molar-refractivity contribution >= 4 is 28.6 Å². The second-order valence-corrected chi connectivity index (χ2v) is 4.37. The van der Waals surface area contributed by atoms with Crippen LogP contribution < -0.4 is 0 Å². The van der Waals surface area contributed by atoms with Gasteiger partial charge in [0, 0.05) is 9.37 Å². The molecule has 0 unspecified atom stereocenters. The molecule has 0 amide bonds. The fourth-order valence-electron chi connectivity index (χ4n) is 1.32. The predicted molar refractivity (Wildman–Crippen MR) is 66.8 cm³/mol. The third-order valence-corrected chi connectivity index (χ3v) is 3.41. The molecule has 0 aliphatic heterocycles. The Labute approximate surface area is 97.5 Å². The SMILES string of the molecule is Sc1ccc(-c2ccccc2)cc1Br. The Kier molecular flexibility index (Phi) is 2.94. The molecule has 2 aromatic carbocycles. The molecule has 2 aromatic rings. The van der Waals surface area contributed by atoms with Gasteiger partial charge < -0.3 is 0 Å². The largest absolute Gasteiger partial charge is 0.142 e. The number of rotatable bonds is 1. The van der Waals surface area contributed by atoms with Crippen molar-refractivity contribution in [2.75, 3.05) is 0 Å². The lowest BCUT2D eigenvalue weighted by Gasteiger charge is -2.03. The summed E-state index contributed by atoms with van der Waals surface area (Å²) in [7, 11) is 0. The van der Waals surface area contributed by atoms with Crippen LogP contribution in [0.4, 0.5) is 0 Å². The molecule has 2 rings (SSSR count). The van der Waals surface area contributed by atoms with E-state index in [1.165, 1.54) is 11.1 Å². The molecule has 0 aliphatic rings. The molecule has 0 heterocycles. The summed E-state index contributed by atoms with van der Waals surface area (Å²) in [5, 5.41) is 0. The van der Waals surface area contributed by atoms with Crippen LogP contribution in [0.25, 0.3) is 11.1 Å². The molecule has 0 fully saturated rings. The van der Waals surface area contributed by atoms with E-state index in [-0.39, 0.29) is 0 Å². The fraction of sp³-hybridized carbons (Fsp3) is 0. The lowest BCUT2D eigenvalue weighted by molar-refractivity contribution is 1.42. The number of halogens is 1. The molecule has 0 atom stereocenters. The zero-order valence-corrected chi connectivity index (χ0v) is 9.92. The highest BCUT2D eigenvalue weighted by atomic mass is 79.9. The Morgan fingerprint density at radius 3 is 2.21 bits per heavy atom. The lowest BCUT2D eigenvalue weighted by Crippen LogP contribution is -1.77. The summed E-state index contributed by atoms with van der Waals surface area (Å²) in [6, 6.07) is 16.4. The van der Waals surface area contributed by atoms with Gasteiger partial charge in [-0.3, -0.25) is 0 Å². The molecule has 0 saturated carbocycles. The summed E-state index contributed by atoms with van der Waals surface area (Å²) in [5.41, 5.74) is 2.43. The van der Waals surface area contributed by atoms with Crippen molar-refractivity contribution in [3.8, 4) is 11.1 Å². The Bertz CT molecular complexity index is 437. The second-order valence-electron chi connectivity index (χ2n) is 3.03. The molecule has 14 heavy (non-hydrogen) atoms. The van der Waals surface area contributed by atoms with Gasteiger partial charge in [0.05, 0.1) is 0 Å². The summed E-state index contributed by atoms with van der Waals surface area (Å²) in [5.74, 6) is 0. The molecule has 0 saturated heterocycles. The normalized spacial score (nSPS) is 10.1. The van der Waals surface area contributed by atoms with Gasteiger partial charge in [0.15, 0.2) is 0 Å². The van der Waals surface area contributed by atoms with Gasteiger partial charge in [0.25, 0.3) is 0 Å². The molecule has 0 radical (unpaired) electrons. The van der Waals surface area contributed by atoms with E-state index < -0.39 is 0 Å². The van der Waals surface area contributed by atoms with Crippen molar-refractivity contribution in [2.24, 2.45) is 0 Å². The van der Waals surface area contributed by atoms with Crippen molar-refractivity contribution in [2.45, 2.75) is 4.90 Å². The minimum Gasteiger partial charge on any atom is -0.142 e. The average molecular weight is 265 g/mol. The number of thiol groups is 1. The van der Waals surface area contributed by atoms with E-state index in [1.54, 1.807) is 0 Å². The number of hydrogen-bond donors (Lipinski definition) is 1. The van der Waals surface area contributed by atoms with Crippen LogP contribution in [0.2, 0.25) is 0 Å². The van der Waals surface area contributed by atoms with Gasteiger partial charge >= 0.3 is 0 Å². The molecule has 0 spiro atoms.